The Bertz CT molecular complexity index is 1530. The molecule has 2 heterocycles. The summed E-state index contributed by atoms with van der Waals surface area (Å²) < 4.78 is 38.8. The monoisotopic (exact) mass is 549 g/mol. The van der Waals surface area contributed by atoms with Gasteiger partial charge in [0.1, 0.15) is 11.5 Å². The molecule has 1 unspecified atom stereocenters. The molecular weight excluding hydrogens is 521 g/mol. The summed E-state index contributed by atoms with van der Waals surface area (Å²) in [6, 6.07) is 16.2. The molecule has 1 aliphatic rings. The number of aromatic nitrogens is 1. The van der Waals surface area contributed by atoms with Crippen LogP contribution in [0.5, 0.6) is 17.2 Å². The number of carbonyl (C=O) groups excluding carboxylic acids is 1. The third-order valence-electron chi connectivity index (χ3n) is 6.62. The van der Waals surface area contributed by atoms with Gasteiger partial charge < -0.3 is 29.1 Å². The van der Waals surface area contributed by atoms with E-state index in [9.17, 15) is 9.59 Å². The maximum Gasteiger partial charge on any atom is 0.375 e. The van der Waals surface area contributed by atoms with E-state index >= 15 is 4.39 Å². The van der Waals surface area contributed by atoms with Gasteiger partial charge >= 0.3 is 11.9 Å². The molecule has 0 saturated carbocycles. The molecular formula is C29H28FN3O7. The topological polar surface area (TPSA) is 123 Å². The number of nitrogens with zero attached hydrogens (tertiary/aromatic N) is 2. The number of para-hydroxylation sites is 1. The number of Topliss-reactive ketones (excluding diaryl/α,β-unsaturated/α-hetero) is 1. The average molecular weight is 550 g/mol. The smallest absolute Gasteiger partial charge is 0.375 e. The lowest BCUT2D eigenvalue weighted by atomic mass is 10.2. The van der Waals surface area contributed by atoms with Gasteiger partial charge in [0.2, 0.25) is 0 Å². The van der Waals surface area contributed by atoms with E-state index in [-0.39, 0.29) is 23.1 Å². The molecule has 5 rings (SSSR count). The summed E-state index contributed by atoms with van der Waals surface area (Å²) in [5.74, 6) is -4.29. The van der Waals surface area contributed by atoms with Crippen molar-refractivity contribution in [3.8, 4) is 17.2 Å². The molecule has 0 aliphatic carbocycles. The van der Waals surface area contributed by atoms with Crippen molar-refractivity contribution < 1.29 is 37.7 Å². The van der Waals surface area contributed by atoms with Crippen molar-refractivity contribution in [1.29, 1.82) is 0 Å². The third-order valence-corrected chi connectivity index (χ3v) is 6.62. The Balaban J connectivity index is 1.35. The number of hydrogen-bond acceptors (Lipinski definition) is 9. The summed E-state index contributed by atoms with van der Waals surface area (Å²) in [6.07, 6.45) is 1.42. The lowest BCUT2D eigenvalue weighted by Gasteiger charge is -2.32. The third kappa shape index (κ3) is 5.55. The minimum absolute atomic E-state index is 0.0154. The molecule has 1 fully saturated rings. The summed E-state index contributed by atoms with van der Waals surface area (Å²) in [6.45, 7) is 1.96. The first-order valence-corrected chi connectivity index (χ1v) is 12.7. The first-order valence-electron chi connectivity index (χ1n) is 12.7. The van der Waals surface area contributed by atoms with Crippen molar-refractivity contribution in [1.82, 2.24) is 9.88 Å². The molecule has 0 radical (unpaired) electrons. The van der Waals surface area contributed by atoms with E-state index in [1.54, 1.807) is 6.07 Å². The Kier molecular flexibility index (Phi) is 7.56. The standard InChI is InChI=1S/C29H28FN3O7/c1-18-7-3-4-8-22(18)31-28-32-26-23(37-2)15-21(16-24(26)39-28)38-17-25(34)29(30,33-13-5-6-14-33)40-20-11-9-19(10-12-20)27(35)36/h3-4,7-12,15-16H,5-6,13-14,17H2,1-2H3,(H,31,32)(H,35,36). The molecule has 1 saturated heterocycles. The molecule has 1 atom stereocenters. The van der Waals surface area contributed by atoms with Crippen LogP contribution >= 0.6 is 0 Å². The molecule has 1 aliphatic heterocycles. The minimum Gasteiger partial charge on any atom is -0.494 e. The molecule has 0 bridgehead atoms. The van der Waals surface area contributed by atoms with Crippen molar-refractivity contribution >= 4 is 34.6 Å². The number of anilines is 2. The van der Waals surface area contributed by atoms with Crippen LogP contribution in [0, 0.1) is 6.92 Å². The van der Waals surface area contributed by atoms with E-state index < -0.39 is 24.3 Å². The molecule has 4 aromatic rings. The van der Waals surface area contributed by atoms with Crippen LogP contribution in [0.3, 0.4) is 0 Å². The zero-order chi connectivity index (χ0) is 28.3. The van der Waals surface area contributed by atoms with Crippen molar-refractivity contribution in [3.05, 3.63) is 71.8 Å². The lowest BCUT2D eigenvalue weighted by Crippen LogP contribution is -2.56. The van der Waals surface area contributed by atoms with Gasteiger partial charge in [0.15, 0.2) is 23.5 Å². The molecule has 0 spiro atoms. The first kappa shape index (κ1) is 26.9. The number of carboxylic acids is 1. The fraction of sp³-hybridized carbons (Fsp3) is 0.276. The van der Waals surface area contributed by atoms with E-state index in [2.05, 4.69) is 10.3 Å². The lowest BCUT2D eigenvalue weighted by molar-refractivity contribution is -0.193. The summed E-state index contributed by atoms with van der Waals surface area (Å²) in [7, 11) is 1.47. The van der Waals surface area contributed by atoms with E-state index in [0.29, 0.717) is 42.8 Å². The number of hydrogen-bond donors (Lipinski definition) is 2. The number of ether oxygens (including phenoxy) is 3. The number of rotatable bonds is 11. The average Bonchev–Trinajstić information content (AvgIpc) is 3.63. The van der Waals surface area contributed by atoms with Gasteiger partial charge in [-0.3, -0.25) is 4.79 Å². The molecule has 11 heteroatoms. The van der Waals surface area contributed by atoms with Gasteiger partial charge in [-0.25, -0.2) is 9.69 Å². The summed E-state index contributed by atoms with van der Waals surface area (Å²) in [4.78, 5) is 30.1. The van der Waals surface area contributed by atoms with Crippen molar-refractivity contribution in [2.75, 3.05) is 32.1 Å². The molecule has 0 amide bonds. The highest BCUT2D eigenvalue weighted by atomic mass is 19.2. The SMILES string of the molecule is COc1cc(OCC(=O)C(F)(Oc2ccc(C(=O)O)cc2)N2CCCC2)cc2oc(Nc3ccccc3C)nc12. The highest BCUT2D eigenvalue weighted by Crippen LogP contribution is 2.35. The molecule has 1 aromatic heterocycles. The minimum atomic E-state index is -2.80. The molecule has 10 nitrogen and oxygen atoms in total. The second kappa shape index (κ2) is 11.2. The molecule has 40 heavy (non-hydrogen) atoms. The van der Waals surface area contributed by atoms with Gasteiger partial charge in [-0.15, -0.1) is 0 Å². The van der Waals surface area contributed by atoms with Crippen molar-refractivity contribution in [2.24, 2.45) is 0 Å². The Hall–Kier alpha value is -4.64. The largest absolute Gasteiger partial charge is 0.494 e. The van der Waals surface area contributed by atoms with Crippen LogP contribution < -0.4 is 19.5 Å². The van der Waals surface area contributed by atoms with Gasteiger partial charge in [0.25, 0.3) is 11.8 Å². The number of oxazole rings is 1. The Morgan fingerprint density at radius 1 is 1.10 bits per heavy atom. The fourth-order valence-corrected chi connectivity index (χ4v) is 4.46. The highest BCUT2D eigenvalue weighted by Gasteiger charge is 2.48. The Morgan fingerprint density at radius 3 is 2.50 bits per heavy atom. The van der Waals surface area contributed by atoms with Crippen molar-refractivity contribution in [3.63, 3.8) is 0 Å². The van der Waals surface area contributed by atoms with Crippen LogP contribution in [-0.2, 0) is 4.79 Å². The van der Waals surface area contributed by atoms with Crippen LogP contribution in [0.25, 0.3) is 11.1 Å². The molecule has 208 valence electrons. The zero-order valence-corrected chi connectivity index (χ0v) is 22.0. The summed E-state index contributed by atoms with van der Waals surface area (Å²) >= 11 is 0. The predicted molar refractivity (Wildman–Crippen MR) is 144 cm³/mol. The van der Waals surface area contributed by atoms with Gasteiger partial charge in [-0.1, -0.05) is 18.2 Å². The van der Waals surface area contributed by atoms with E-state index in [1.165, 1.54) is 42.3 Å². The van der Waals surface area contributed by atoms with Crippen LogP contribution in [0.1, 0.15) is 28.8 Å². The van der Waals surface area contributed by atoms with Gasteiger partial charge in [-0.05, 0) is 55.7 Å². The number of fused-ring (bicyclic) bond motifs is 1. The number of carbonyl (C=O) groups is 2. The summed E-state index contributed by atoms with van der Waals surface area (Å²) in [5.41, 5.74) is 2.64. The number of likely N-dealkylation sites (tertiary alicyclic amines) is 1. The van der Waals surface area contributed by atoms with Crippen LogP contribution in [0.4, 0.5) is 16.1 Å². The van der Waals surface area contributed by atoms with Crippen LogP contribution in [0.2, 0.25) is 0 Å². The second-order valence-electron chi connectivity index (χ2n) is 9.33. The quantitative estimate of drug-likeness (QED) is 0.237. The normalized spacial score (nSPS) is 15.0. The van der Waals surface area contributed by atoms with Gasteiger partial charge in [0.05, 0.1) is 12.7 Å². The van der Waals surface area contributed by atoms with E-state index in [0.717, 1.165) is 11.3 Å². The Labute approximate surface area is 229 Å². The number of ketones is 1. The summed E-state index contributed by atoms with van der Waals surface area (Å²) in [5, 5.41) is 12.2. The number of benzene rings is 3. The number of methoxy groups -OCH3 is 1. The van der Waals surface area contributed by atoms with E-state index in [4.69, 9.17) is 23.7 Å². The fourth-order valence-electron chi connectivity index (χ4n) is 4.46. The van der Waals surface area contributed by atoms with Gasteiger partial charge in [0, 0.05) is 30.9 Å². The maximum atomic E-state index is 16.3. The highest BCUT2D eigenvalue weighted by molar-refractivity contribution is 5.89. The van der Waals surface area contributed by atoms with Crippen LogP contribution in [0.15, 0.2) is 65.1 Å². The predicted octanol–water partition coefficient (Wildman–Crippen LogP) is 5.33. The number of alkyl halides is 1. The Morgan fingerprint density at radius 2 is 1.82 bits per heavy atom. The van der Waals surface area contributed by atoms with Crippen molar-refractivity contribution in [2.45, 2.75) is 25.7 Å². The molecule has 2 N–H and O–H groups in total. The van der Waals surface area contributed by atoms with Crippen LogP contribution in [-0.4, -0.2) is 59.5 Å². The van der Waals surface area contributed by atoms with E-state index in [1.807, 2.05) is 31.2 Å². The molecule has 3 aromatic carbocycles. The zero-order valence-electron chi connectivity index (χ0n) is 22.0. The number of aryl methyl sites for hydroxylation is 1. The first-order chi connectivity index (χ1) is 19.3. The number of nitrogens with one attached hydrogen (secondary N) is 1. The second-order valence-corrected chi connectivity index (χ2v) is 9.33. The van der Waals surface area contributed by atoms with Gasteiger partial charge in [-0.2, -0.15) is 9.37 Å². The number of aromatic carboxylic acids is 1. The maximum absolute atomic E-state index is 16.3. The number of carboxylic acid groups (broad SMARTS) is 1. The number of halogens is 1.